The molecule has 0 aliphatic carbocycles. The van der Waals surface area contributed by atoms with Gasteiger partial charge in [-0.2, -0.15) is 0 Å². The zero-order valence-electron chi connectivity index (χ0n) is 22.4. The second-order valence-electron chi connectivity index (χ2n) is 9.40. The molecule has 8 heteroatoms. The molecule has 3 aromatic carbocycles. The summed E-state index contributed by atoms with van der Waals surface area (Å²) in [6.07, 6.45) is 3.91. The largest absolute Gasteiger partial charge is 0.497 e. The molecule has 39 heavy (non-hydrogen) atoms. The molecule has 1 atom stereocenters. The summed E-state index contributed by atoms with van der Waals surface area (Å²) < 4.78 is 7.55. The Morgan fingerprint density at radius 2 is 1.77 bits per heavy atom. The van der Waals surface area contributed by atoms with Crippen molar-refractivity contribution < 1.29 is 9.53 Å². The predicted octanol–water partition coefficient (Wildman–Crippen LogP) is 5.22. The minimum atomic E-state index is -0.640. The smallest absolute Gasteiger partial charge is 0.271 e. The van der Waals surface area contributed by atoms with Crippen LogP contribution in [0.1, 0.15) is 35.2 Å². The number of nitrogens with one attached hydrogen (secondary N) is 1. The average molecular weight is 556 g/mol. The number of nitrogens with zero attached hydrogens (tertiary/aromatic N) is 2. The highest BCUT2D eigenvalue weighted by atomic mass is 32.2. The van der Waals surface area contributed by atoms with Crippen LogP contribution in [0.4, 0.5) is 5.69 Å². The van der Waals surface area contributed by atoms with Gasteiger partial charge in [0.15, 0.2) is 4.80 Å². The summed E-state index contributed by atoms with van der Waals surface area (Å²) in [5.74, 6) is 0.410. The number of carbonyl (C=O) groups is 1. The van der Waals surface area contributed by atoms with Crippen molar-refractivity contribution in [2.45, 2.75) is 31.7 Å². The highest BCUT2D eigenvalue weighted by Crippen LogP contribution is 2.32. The lowest BCUT2D eigenvalue weighted by atomic mass is 9.95. The number of aryl methyl sites for hydroxylation is 2. The fourth-order valence-corrected chi connectivity index (χ4v) is 6.16. The molecule has 5 rings (SSSR count). The SMILES string of the molecule is COc1ccc([C@H]2C(C(=O)Nc3ccc(C)cc3C)=C(C)N=c3s/c(=C/c4ccc(SC)cc4)c(=O)n32)cc1. The van der Waals surface area contributed by atoms with E-state index >= 15 is 0 Å². The van der Waals surface area contributed by atoms with Gasteiger partial charge in [-0.1, -0.05) is 53.3 Å². The van der Waals surface area contributed by atoms with Crippen LogP contribution in [0.15, 0.2) is 92.7 Å². The third-order valence-corrected chi connectivity index (χ3v) is 8.47. The third kappa shape index (κ3) is 5.35. The molecule has 1 N–H and O–H groups in total. The fourth-order valence-electron chi connectivity index (χ4n) is 4.71. The summed E-state index contributed by atoms with van der Waals surface area (Å²) in [4.78, 5) is 34.2. The number of methoxy groups -OCH3 is 1. The normalized spacial score (nSPS) is 15.1. The van der Waals surface area contributed by atoms with Crippen molar-refractivity contribution in [3.63, 3.8) is 0 Å². The van der Waals surface area contributed by atoms with E-state index in [0.29, 0.717) is 26.4 Å². The van der Waals surface area contributed by atoms with Crippen molar-refractivity contribution in [2.75, 3.05) is 18.7 Å². The summed E-state index contributed by atoms with van der Waals surface area (Å²) in [5.41, 5.74) is 5.37. The van der Waals surface area contributed by atoms with Crippen LogP contribution in [0.25, 0.3) is 6.08 Å². The lowest BCUT2D eigenvalue weighted by Gasteiger charge is -2.25. The number of thioether (sulfide) groups is 1. The van der Waals surface area contributed by atoms with E-state index in [0.717, 1.165) is 32.8 Å². The van der Waals surface area contributed by atoms with Crippen molar-refractivity contribution in [1.29, 1.82) is 0 Å². The molecule has 1 aliphatic rings. The second-order valence-corrected chi connectivity index (χ2v) is 11.3. The Kier molecular flexibility index (Phi) is 7.59. The quantitative estimate of drug-likeness (QED) is 0.331. The van der Waals surface area contributed by atoms with E-state index in [2.05, 4.69) is 5.32 Å². The number of rotatable bonds is 6. The van der Waals surface area contributed by atoms with Crippen LogP contribution in [0, 0.1) is 13.8 Å². The molecule has 1 amide bonds. The molecule has 0 saturated carbocycles. The molecule has 0 spiro atoms. The summed E-state index contributed by atoms with van der Waals surface area (Å²) in [5, 5.41) is 3.06. The molecule has 4 aromatic rings. The molecular formula is C31H29N3O3S2. The van der Waals surface area contributed by atoms with Crippen LogP contribution in [0.3, 0.4) is 0 Å². The maximum absolute atomic E-state index is 13.9. The number of carbonyl (C=O) groups excluding carboxylic acids is 1. The standard InChI is InChI=1S/C31H29N3O3S2/c1-18-6-15-25(19(2)16-18)33-29(35)27-20(3)32-31-34(28(27)22-9-11-23(37-4)12-10-22)30(36)26(39-31)17-21-7-13-24(38-5)14-8-21/h6-17,28H,1-5H3,(H,33,35)/b26-17+/t28-/m0/s1. The number of anilines is 1. The highest BCUT2D eigenvalue weighted by Gasteiger charge is 2.32. The van der Waals surface area contributed by atoms with Crippen molar-refractivity contribution in [3.05, 3.63) is 120 Å². The zero-order chi connectivity index (χ0) is 27.7. The van der Waals surface area contributed by atoms with Gasteiger partial charge in [0.25, 0.3) is 11.5 Å². The Bertz CT molecular complexity index is 1770. The van der Waals surface area contributed by atoms with E-state index in [4.69, 9.17) is 9.73 Å². The zero-order valence-corrected chi connectivity index (χ0v) is 24.1. The number of allylic oxidation sites excluding steroid dienone is 1. The summed E-state index contributed by atoms with van der Waals surface area (Å²) in [6.45, 7) is 5.80. The van der Waals surface area contributed by atoms with E-state index < -0.39 is 6.04 Å². The van der Waals surface area contributed by atoms with Crippen LogP contribution in [-0.4, -0.2) is 23.8 Å². The van der Waals surface area contributed by atoms with E-state index in [-0.39, 0.29) is 11.5 Å². The Balaban J connectivity index is 1.64. The first-order chi connectivity index (χ1) is 18.8. The maximum atomic E-state index is 13.9. The van der Waals surface area contributed by atoms with Crippen molar-refractivity contribution in [2.24, 2.45) is 4.99 Å². The maximum Gasteiger partial charge on any atom is 0.271 e. The van der Waals surface area contributed by atoms with Crippen molar-refractivity contribution in [1.82, 2.24) is 4.57 Å². The van der Waals surface area contributed by atoms with Crippen LogP contribution >= 0.6 is 23.1 Å². The number of thiazole rings is 1. The number of aromatic nitrogens is 1. The average Bonchev–Trinajstić information content (AvgIpc) is 3.23. The lowest BCUT2D eigenvalue weighted by Crippen LogP contribution is -2.40. The topological polar surface area (TPSA) is 72.7 Å². The first-order valence-electron chi connectivity index (χ1n) is 12.5. The Morgan fingerprint density at radius 3 is 2.41 bits per heavy atom. The third-order valence-electron chi connectivity index (χ3n) is 6.74. The number of hydrogen-bond acceptors (Lipinski definition) is 6. The van der Waals surface area contributed by atoms with Crippen LogP contribution in [0.2, 0.25) is 0 Å². The van der Waals surface area contributed by atoms with Crippen LogP contribution < -0.4 is 24.9 Å². The van der Waals surface area contributed by atoms with E-state index in [1.54, 1.807) is 23.4 Å². The first kappa shape index (κ1) is 26.7. The van der Waals surface area contributed by atoms with Gasteiger partial charge in [0.1, 0.15) is 5.75 Å². The minimum absolute atomic E-state index is 0.183. The number of fused-ring (bicyclic) bond motifs is 1. The summed E-state index contributed by atoms with van der Waals surface area (Å²) in [7, 11) is 1.61. The molecule has 1 aromatic heterocycles. The van der Waals surface area contributed by atoms with Gasteiger partial charge in [-0.3, -0.25) is 14.2 Å². The van der Waals surface area contributed by atoms with Gasteiger partial charge in [-0.05, 0) is 80.1 Å². The minimum Gasteiger partial charge on any atom is -0.497 e. The van der Waals surface area contributed by atoms with Crippen LogP contribution in [0.5, 0.6) is 5.75 Å². The molecule has 0 saturated heterocycles. The molecule has 198 valence electrons. The Morgan fingerprint density at radius 1 is 1.05 bits per heavy atom. The Hall–Kier alpha value is -3.88. The van der Waals surface area contributed by atoms with Crippen molar-refractivity contribution >= 4 is 40.8 Å². The predicted molar refractivity (Wildman–Crippen MR) is 160 cm³/mol. The number of benzene rings is 3. The van der Waals surface area contributed by atoms with E-state index in [1.807, 2.05) is 99.8 Å². The molecule has 0 bridgehead atoms. The van der Waals surface area contributed by atoms with Gasteiger partial charge >= 0.3 is 0 Å². The first-order valence-corrected chi connectivity index (χ1v) is 14.5. The van der Waals surface area contributed by atoms with E-state index in [1.165, 1.54) is 11.3 Å². The van der Waals surface area contributed by atoms with Gasteiger partial charge in [-0.15, -0.1) is 11.8 Å². The monoisotopic (exact) mass is 555 g/mol. The van der Waals surface area contributed by atoms with Gasteiger partial charge in [-0.25, -0.2) is 4.99 Å². The molecular weight excluding hydrogens is 526 g/mol. The van der Waals surface area contributed by atoms with Gasteiger partial charge in [0.2, 0.25) is 0 Å². The molecule has 1 aliphatic heterocycles. The number of amides is 1. The van der Waals surface area contributed by atoms with Crippen molar-refractivity contribution in [3.8, 4) is 5.75 Å². The molecule has 6 nitrogen and oxygen atoms in total. The summed E-state index contributed by atoms with van der Waals surface area (Å²) in [6, 6.07) is 20.8. The molecule has 0 unspecified atom stereocenters. The van der Waals surface area contributed by atoms with Crippen LogP contribution in [-0.2, 0) is 4.79 Å². The van der Waals surface area contributed by atoms with E-state index in [9.17, 15) is 9.59 Å². The van der Waals surface area contributed by atoms with Gasteiger partial charge < -0.3 is 10.1 Å². The Labute approximate surface area is 235 Å². The molecule has 2 heterocycles. The molecule has 0 fully saturated rings. The lowest BCUT2D eigenvalue weighted by molar-refractivity contribution is -0.113. The number of hydrogen-bond donors (Lipinski definition) is 1. The van der Waals surface area contributed by atoms with Gasteiger partial charge in [0.05, 0.1) is 29.0 Å². The number of ether oxygens (including phenoxy) is 1. The fraction of sp³-hybridized carbons (Fsp3) is 0.194. The van der Waals surface area contributed by atoms with Gasteiger partial charge in [0, 0.05) is 10.6 Å². The second kappa shape index (κ2) is 11.1. The highest BCUT2D eigenvalue weighted by molar-refractivity contribution is 7.98. The summed E-state index contributed by atoms with van der Waals surface area (Å²) >= 11 is 3.00. The molecule has 0 radical (unpaired) electrons.